The Morgan fingerprint density at radius 2 is 1.91 bits per heavy atom. The summed E-state index contributed by atoms with van der Waals surface area (Å²) in [6.07, 6.45) is 2.47. The van der Waals surface area contributed by atoms with Gasteiger partial charge in [0.15, 0.2) is 0 Å². The number of hydroxylamine groups is 1. The fraction of sp³-hybridized carbons (Fsp3) is 0.308. The van der Waals surface area contributed by atoms with Crippen LogP contribution in [0.5, 0.6) is 0 Å². The fourth-order valence-corrected chi connectivity index (χ4v) is 4.13. The molecule has 8 heteroatoms. The number of rotatable bonds is 10. The van der Waals surface area contributed by atoms with Crippen molar-refractivity contribution in [3.63, 3.8) is 0 Å². The third kappa shape index (κ3) is 5.39. The molecule has 1 heterocycles. The molecule has 1 aliphatic carbocycles. The van der Waals surface area contributed by atoms with Crippen molar-refractivity contribution in [2.24, 2.45) is 5.92 Å². The van der Waals surface area contributed by atoms with Crippen LogP contribution in [0, 0.1) is 17.8 Å². The topological polar surface area (TPSA) is 107 Å². The summed E-state index contributed by atoms with van der Waals surface area (Å²) in [5, 5.41) is 12.6. The van der Waals surface area contributed by atoms with E-state index in [1.807, 2.05) is 36.4 Å². The van der Waals surface area contributed by atoms with E-state index in [1.165, 1.54) is 10.9 Å². The van der Waals surface area contributed by atoms with Crippen molar-refractivity contribution in [2.75, 3.05) is 26.7 Å². The smallest absolute Gasteiger partial charge is 0.406 e. The molecule has 8 nitrogen and oxygen atoms in total. The van der Waals surface area contributed by atoms with Gasteiger partial charge in [-0.3, -0.25) is 14.9 Å². The zero-order valence-corrected chi connectivity index (χ0v) is 19.0. The molecule has 176 valence electrons. The van der Waals surface area contributed by atoms with E-state index in [-0.39, 0.29) is 5.92 Å². The van der Waals surface area contributed by atoms with Crippen LogP contribution in [0.4, 0.5) is 4.79 Å². The zero-order chi connectivity index (χ0) is 23.9. The van der Waals surface area contributed by atoms with E-state index in [1.54, 1.807) is 12.5 Å². The van der Waals surface area contributed by atoms with Gasteiger partial charge >= 0.3 is 6.09 Å². The molecule has 0 aliphatic heterocycles. The predicted molar refractivity (Wildman–Crippen MR) is 128 cm³/mol. The minimum absolute atomic E-state index is 0.208. The highest BCUT2D eigenvalue weighted by Gasteiger charge is 2.32. The zero-order valence-electron chi connectivity index (χ0n) is 19.0. The molecule has 2 amide bonds. The van der Waals surface area contributed by atoms with Gasteiger partial charge in [0.05, 0.1) is 5.92 Å². The number of carbonyl (C=O) groups is 2. The van der Waals surface area contributed by atoms with E-state index in [9.17, 15) is 9.59 Å². The minimum Gasteiger partial charge on any atom is -0.448 e. The summed E-state index contributed by atoms with van der Waals surface area (Å²) in [4.78, 5) is 28.7. The van der Waals surface area contributed by atoms with E-state index in [2.05, 4.69) is 45.4 Å². The normalized spacial score (nSPS) is 16.4. The van der Waals surface area contributed by atoms with Gasteiger partial charge in [-0.25, -0.2) is 10.3 Å². The molecule has 4 rings (SSSR count). The number of aromatic nitrogens is 1. The maximum atomic E-state index is 11.7. The molecule has 1 aliphatic rings. The Hall–Kier alpha value is -3.80. The molecular formula is C26H28N4O4. The summed E-state index contributed by atoms with van der Waals surface area (Å²) in [5.41, 5.74) is 6.11. The number of aromatic amines is 1. The van der Waals surface area contributed by atoms with Gasteiger partial charge in [-0.1, -0.05) is 54.3 Å². The van der Waals surface area contributed by atoms with Crippen LogP contribution in [0.2, 0.25) is 0 Å². The van der Waals surface area contributed by atoms with Crippen LogP contribution >= 0.6 is 0 Å². The molecule has 0 fully saturated rings. The predicted octanol–water partition coefficient (Wildman–Crippen LogP) is 2.79. The summed E-state index contributed by atoms with van der Waals surface area (Å²) in [6.45, 7) is 2.38. The van der Waals surface area contributed by atoms with Crippen molar-refractivity contribution in [3.05, 3.63) is 71.4 Å². The highest BCUT2D eigenvalue weighted by Crippen LogP contribution is 2.30. The molecule has 0 bridgehead atoms. The standard InChI is InChI=1S/C26H28N4O4/c1-27-26(32)34-15-14-30(13-12-20-16-28-24-5-3-2-4-22(20)24)17-18-6-8-19(9-7-18)21-10-11-23(21)25(31)29-33/h2-9,16,21,23,28,33H,12-15,17H2,1H3,(H,27,32)(H,29,31). The Morgan fingerprint density at radius 1 is 1.12 bits per heavy atom. The Bertz CT molecular complexity index is 1210. The van der Waals surface area contributed by atoms with Gasteiger partial charge in [0.2, 0.25) is 0 Å². The first-order valence-corrected chi connectivity index (χ1v) is 11.2. The highest BCUT2D eigenvalue weighted by molar-refractivity contribution is 5.84. The van der Waals surface area contributed by atoms with Gasteiger partial charge in [0.1, 0.15) is 12.5 Å². The van der Waals surface area contributed by atoms with Crippen LogP contribution in [0.15, 0.2) is 54.7 Å². The lowest BCUT2D eigenvalue weighted by molar-refractivity contribution is -0.132. The van der Waals surface area contributed by atoms with Gasteiger partial charge in [0, 0.05) is 43.8 Å². The number of H-pyrrole nitrogens is 1. The van der Waals surface area contributed by atoms with Gasteiger partial charge < -0.3 is 15.0 Å². The van der Waals surface area contributed by atoms with Crippen LogP contribution in [-0.4, -0.2) is 53.8 Å². The molecule has 2 atom stereocenters. The van der Waals surface area contributed by atoms with E-state index in [0.29, 0.717) is 19.7 Å². The number of benzene rings is 2. The molecule has 4 N–H and O–H groups in total. The Labute approximate surface area is 198 Å². The average Bonchev–Trinajstić information content (AvgIpc) is 3.25. The second kappa shape index (κ2) is 10.9. The Balaban J connectivity index is 1.41. The lowest BCUT2D eigenvalue weighted by Crippen LogP contribution is -2.34. The number of ether oxygens (including phenoxy) is 1. The number of nitrogens with zero attached hydrogens (tertiary/aromatic N) is 1. The highest BCUT2D eigenvalue weighted by atomic mass is 16.5. The third-order valence-corrected chi connectivity index (χ3v) is 6.08. The molecule has 0 saturated carbocycles. The summed E-state index contributed by atoms with van der Waals surface area (Å²) in [5.74, 6) is 4.57. The van der Waals surface area contributed by atoms with E-state index in [4.69, 9.17) is 9.94 Å². The van der Waals surface area contributed by atoms with E-state index in [0.717, 1.165) is 29.6 Å². The average molecular weight is 461 g/mol. The van der Waals surface area contributed by atoms with Crippen molar-refractivity contribution < 1.29 is 19.5 Å². The van der Waals surface area contributed by atoms with Crippen molar-refractivity contribution >= 4 is 22.9 Å². The van der Waals surface area contributed by atoms with E-state index < -0.39 is 17.9 Å². The van der Waals surface area contributed by atoms with Gasteiger partial charge in [0.25, 0.3) is 5.91 Å². The summed E-state index contributed by atoms with van der Waals surface area (Å²) < 4.78 is 5.21. The quantitative estimate of drug-likeness (QED) is 0.212. The number of fused-ring (bicyclic) bond motifs is 1. The van der Waals surface area contributed by atoms with Crippen molar-refractivity contribution in [1.29, 1.82) is 0 Å². The number of amides is 2. The number of para-hydroxylation sites is 1. The molecular weight excluding hydrogens is 432 g/mol. The first-order valence-electron chi connectivity index (χ1n) is 11.2. The molecule has 0 saturated heterocycles. The molecule has 0 spiro atoms. The van der Waals surface area contributed by atoms with Crippen LogP contribution in [0.1, 0.15) is 22.6 Å². The van der Waals surface area contributed by atoms with Crippen LogP contribution in [0.3, 0.4) is 0 Å². The molecule has 3 aromatic rings. The second-order valence-corrected chi connectivity index (χ2v) is 8.23. The summed E-state index contributed by atoms with van der Waals surface area (Å²) in [6, 6.07) is 16.3. The maximum Gasteiger partial charge on any atom is 0.406 e. The van der Waals surface area contributed by atoms with Crippen LogP contribution < -0.4 is 10.8 Å². The molecule has 34 heavy (non-hydrogen) atoms. The second-order valence-electron chi connectivity index (χ2n) is 8.23. The molecule has 0 radical (unpaired) electrons. The number of hydrogen-bond acceptors (Lipinski definition) is 5. The third-order valence-electron chi connectivity index (χ3n) is 6.08. The SMILES string of the molecule is CNC(=O)OCCN(CCc1c[nH]c2ccccc12)Cc1ccc(C2C#CC2C(=O)NO)cc1. The summed E-state index contributed by atoms with van der Waals surface area (Å²) in [7, 11) is 1.54. The van der Waals surface area contributed by atoms with E-state index >= 15 is 0 Å². The molecule has 2 aromatic carbocycles. The minimum atomic E-state index is -0.523. The first-order chi connectivity index (χ1) is 16.6. The largest absolute Gasteiger partial charge is 0.448 e. The molecule has 1 aromatic heterocycles. The number of alkyl carbamates (subject to hydrolysis) is 1. The molecule has 2 unspecified atom stereocenters. The van der Waals surface area contributed by atoms with Crippen molar-refractivity contribution in [1.82, 2.24) is 20.7 Å². The Morgan fingerprint density at radius 3 is 2.62 bits per heavy atom. The Kier molecular flexibility index (Phi) is 7.48. The van der Waals surface area contributed by atoms with Gasteiger partial charge in [-0.05, 0) is 29.2 Å². The number of nitrogens with one attached hydrogen (secondary N) is 3. The monoisotopic (exact) mass is 460 g/mol. The van der Waals surface area contributed by atoms with Crippen LogP contribution in [-0.2, 0) is 22.5 Å². The first kappa shape index (κ1) is 23.4. The maximum absolute atomic E-state index is 11.7. The van der Waals surface area contributed by atoms with Gasteiger partial charge in [-0.2, -0.15) is 0 Å². The lowest BCUT2D eigenvalue weighted by Gasteiger charge is -2.24. The number of hydrogen-bond donors (Lipinski definition) is 4. The van der Waals surface area contributed by atoms with Crippen molar-refractivity contribution in [2.45, 2.75) is 18.9 Å². The summed E-state index contributed by atoms with van der Waals surface area (Å²) >= 11 is 0. The van der Waals surface area contributed by atoms with Gasteiger partial charge in [-0.15, -0.1) is 0 Å². The van der Waals surface area contributed by atoms with Crippen LogP contribution in [0.25, 0.3) is 10.9 Å². The lowest BCUT2D eigenvalue weighted by atomic mass is 9.79. The fourth-order valence-electron chi connectivity index (χ4n) is 4.13. The van der Waals surface area contributed by atoms with Crippen molar-refractivity contribution in [3.8, 4) is 11.8 Å². The number of carbonyl (C=O) groups excluding carboxylic acids is 2.